The number of sulfone groups is 1. The van der Waals surface area contributed by atoms with Crippen LogP contribution in [0.2, 0.25) is 5.02 Å². The number of halogens is 1. The summed E-state index contributed by atoms with van der Waals surface area (Å²) in [5.41, 5.74) is 1.73. The second-order valence-corrected chi connectivity index (χ2v) is 8.88. The molecule has 3 rings (SSSR count). The van der Waals surface area contributed by atoms with Crippen LogP contribution in [-0.4, -0.2) is 32.0 Å². The van der Waals surface area contributed by atoms with Crippen molar-refractivity contribution in [3.8, 4) is 0 Å². The highest BCUT2D eigenvalue weighted by atomic mass is 35.5. The van der Waals surface area contributed by atoms with Gasteiger partial charge < -0.3 is 4.90 Å². The van der Waals surface area contributed by atoms with Crippen molar-refractivity contribution < 1.29 is 18.1 Å². The van der Waals surface area contributed by atoms with Crippen LogP contribution < -0.4 is 4.90 Å². The third kappa shape index (κ3) is 4.23. The van der Waals surface area contributed by atoms with E-state index in [2.05, 4.69) is 0 Å². The Morgan fingerprint density at radius 3 is 2.68 bits per heavy atom. The third-order valence-electron chi connectivity index (χ3n) is 4.45. The molecule has 2 aromatic carbocycles. The van der Waals surface area contributed by atoms with Crippen molar-refractivity contribution in [2.24, 2.45) is 0 Å². The molecular weight excluding hydrogens is 404 g/mol. The fourth-order valence-electron chi connectivity index (χ4n) is 3.06. The van der Waals surface area contributed by atoms with Crippen LogP contribution >= 0.6 is 11.6 Å². The third-order valence-corrected chi connectivity index (χ3v) is 5.88. The van der Waals surface area contributed by atoms with E-state index in [4.69, 9.17) is 11.6 Å². The molecule has 0 aliphatic carbocycles. The van der Waals surface area contributed by atoms with Gasteiger partial charge in [0.15, 0.2) is 9.84 Å². The molecule has 0 bridgehead atoms. The van der Waals surface area contributed by atoms with Gasteiger partial charge in [-0.1, -0.05) is 17.7 Å². The van der Waals surface area contributed by atoms with Crippen LogP contribution in [0, 0.1) is 10.1 Å². The van der Waals surface area contributed by atoms with Crippen molar-refractivity contribution in [3.63, 3.8) is 0 Å². The highest BCUT2D eigenvalue weighted by molar-refractivity contribution is 7.90. The van der Waals surface area contributed by atoms with Gasteiger partial charge in [0.25, 0.3) is 11.6 Å². The molecule has 1 heterocycles. The summed E-state index contributed by atoms with van der Waals surface area (Å²) in [5, 5.41) is 11.0. The van der Waals surface area contributed by atoms with Crippen LogP contribution in [0.15, 0.2) is 47.4 Å². The maximum absolute atomic E-state index is 12.7. The fraction of sp³-hybridized carbons (Fsp3) is 0.211. The largest absolute Gasteiger partial charge is 0.309 e. The van der Waals surface area contributed by atoms with Gasteiger partial charge in [0.05, 0.1) is 9.82 Å². The highest BCUT2D eigenvalue weighted by Gasteiger charge is 2.22. The Morgan fingerprint density at radius 1 is 1.25 bits per heavy atom. The maximum Gasteiger partial charge on any atom is 0.288 e. The van der Waals surface area contributed by atoms with Gasteiger partial charge in [0.1, 0.15) is 5.02 Å². The quantitative estimate of drug-likeness (QED) is 0.427. The van der Waals surface area contributed by atoms with Gasteiger partial charge >= 0.3 is 0 Å². The van der Waals surface area contributed by atoms with Crippen LogP contribution in [0.4, 0.5) is 11.4 Å². The fourth-order valence-corrected chi connectivity index (χ4v) is 3.92. The van der Waals surface area contributed by atoms with E-state index < -0.39 is 14.8 Å². The van der Waals surface area contributed by atoms with Crippen LogP contribution in [0.3, 0.4) is 0 Å². The van der Waals surface area contributed by atoms with Crippen LogP contribution in [0.25, 0.3) is 6.08 Å². The average molecular weight is 421 g/mol. The van der Waals surface area contributed by atoms with Crippen molar-refractivity contribution in [3.05, 3.63) is 68.7 Å². The summed E-state index contributed by atoms with van der Waals surface area (Å²) in [6.07, 6.45) is 5.38. The topological polar surface area (TPSA) is 97.6 Å². The number of nitrogens with zero attached hydrogens (tertiary/aromatic N) is 2. The molecule has 28 heavy (non-hydrogen) atoms. The normalized spacial score (nSPS) is 14.1. The SMILES string of the molecule is CS(=O)(=O)c1ccc2c(c1)CCCN2C(=O)/C=C/c1ccc(Cl)c([N+](=O)[O-])c1. The first kappa shape index (κ1) is 20.0. The lowest BCUT2D eigenvalue weighted by Gasteiger charge is -2.29. The molecule has 0 saturated carbocycles. The number of nitro groups is 1. The lowest BCUT2D eigenvalue weighted by atomic mass is 10.0. The Morgan fingerprint density at radius 2 is 2.00 bits per heavy atom. The van der Waals surface area contributed by atoms with E-state index in [0.717, 1.165) is 11.8 Å². The average Bonchev–Trinajstić information content (AvgIpc) is 2.65. The van der Waals surface area contributed by atoms with Gasteiger partial charge in [-0.3, -0.25) is 14.9 Å². The van der Waals surface area contributed by atoms with Gasteiger partial charge in [0, 0.05) is 30.6 Å². The lowest BCUT2D eigenvalue weighted by Crippen LogP contribution is -2.34. The Bertz CT molecular complexity index is 1100. The molecule has 0 aromatic heterocycles. The minimum atomic E-state index is -3.32. The molecule has 0 saturated heterocycles. The minimum absolute atomic E-state index is 0.0279. The number of hydrogen-bond acceptors (Lipinski definition) is 5. The van der Waals surface area contributed by atoms with Gasteiger partial charge in [-0.2, -0.15) is 0 Å². The highest BCUT2D eigenvalue weighted by Crippen LogP contribution is 2.30. The predicted molar refractivity (Wildman–Crippen MR) is 107 cm³/mol. The van der Waals surface area contributed by atoms with Crippen LogP contribution in [-0.2, 0) is 21.1 Å². The van der Waals surface area contributed by atoms with E-state index in [0.29, 0.717) is 30.6 Å². The monoisotopic (exact) mass is 420 g/mol. The zero-order chi connectivity index (χ0) is 20.5. The molecular formula is C19H17ClN2O5S. The number of amides is 1. The van der Waals surface area contributed by atoms with Crippen molar-refractivity contribution >= 4 is 44.8 Å². The molecule has 0 unspecified atom stereocenters. The molecule has 1 amide bonds. The summed E-state index contributed by atoms with van der Waals surface area (Å²) in [7, 11) is -3.32. The Hall–Kier alpha value is -2.71. The molecule has 0 spiro atoms. The standard InChI is InChI=1S/C19H17ClN2O5S/c1-28(26,27)15-6-8-17-14(12-15)3-2-10-21(17)19(23)9-5-13-4-7-16(20)18(11-13)22(24)25/h4-9,11-12H,2-3,10H2,1H3/b9-5+. The zero-order valence-corrected chi connectivity index (χ0v) is 16.5. The van der Waals surface area contributed by atoms with Crippen molar-refractivity contribution in [1.82, 2.24) is 0 Å². The molecule has 9 heteroatoms. The molecule has 0 N–H and O–H groups in total. The van der Waals surface area contributed by atoms with E-state index in [1.165, 1.54) is 30.4 Å². The number of anilines is 1. The predicted octanol–water partition coefficient (Wildman–Crippen LogP) is 3.64. The summed E-state index contributed by atoms with van der Waals surface area (Å²) in [6, 6.07) is 9.04. The molecule has 1 aliphatic heterocycles. The Kier molecular flexibility index (Phi) is 5.53. The Balaban J connectivity index is 1.86. The molecule has 2 aromatic rings. The smallest absolute Gasteiger partial charge is 0.288 e. The second-order valence-electron chi connectivity index (χ2n) is 6.46. The Labute approximate surface area is 167 Å². The molecule has 0 radical (unpaired) electrons. The van der Waals surface area contributed by atoms with Gasteiger partial charge in [-0.25, -0.2) is 8.42 Å². The van der Waals surface area contributed by atoms with E-state index in [9.17, 15) is 23.3 Å². The first-order valence-electron chi connectivity index (χ1n) is 8.43. The van der Waals surface area contributed by atoms with Gasteiger partial charge in [0.2, 0.25) is 0 Å². The zero-order valence-electron chi connectivity index (χ0n) is 15.0. The molecule has 7 nitrogen and oxygen atoms in total. The molecule has 146 valence electrons. The van der Waals surface area contributed by atoms with E-state index >= 15 is 0 Å². The molecule has 1 aliphatic rings. The van der Waals surface area contributed by atoms with E-state index in [1.807, 2.05) is 0 Å². The van der Waals surface area contributed by atoms with Crippen molar-refractivity contribution in [1.29, 1.82) is 0 Å². The number of aryl methyl sites for hydroxylation is 1. The van der Waals surface area contributed by atoms with Gasteiger partial charge in [-0.05, 0) is 54.3 Å². The van der Waals surface area contributed by atoms with Gasteiger partial charge in [-0.15, -0.1) is 0 Å². The first-order valence-corrected chi connectivity index (χ1v) is 10.7. The second kappa shape index (κ2) is 7.73. The number of carbonyl (C=O) groups excluding carboxylic acids is 1. The number of nitro benzene ring substituents is 1. The van der Waals surface area contributed by atoms with Crippen LogP contribution in [0.1, 0.15) is 17.5 Å². The lowest BCUT2D eigenvalue weighted by molar-refractivity contribution is -0.384. The molecule has 0 fully saturated rings. The number of carbonyl (C=O) groups is 1. The number of hydrogen-bond donors (Lipinski definition) is 0. The minimum Gasteiger partial charge on any atom is -0.309 e. The summed E-state index contributed by atoms with van der Waals surface area (Å²) in [6.45, 7) is 0.509. The maximum atomic E-state index is 12.7. The number of benzene rings is 2. The van der Waals surface area contributed by atoms with Crippen molar-refractivity contribution in [2.45, 2.75) is 17.7 Å². The summed E-state index contributed by atoms with van der Waals surface area (Å²) in [4.78, 5) is 24.9. The van der Waals surface area contributed by atoms with E-state index in [1.54, 1.807) is 23.1 Å². The first-order chi connectivity index (χ1) is 13.2. The van der Waals surface area contributed by atoms with Crippen molar-refractivity contribution in [2.75, 3.05) is 17.7 Å². The summed E-state index contributed by atoms with van der Waals surface area (Å²) >= 11 is 5.79. The molecule has 0 atom stereocenters. The number of fused-ring (bicyclic) bond motifs is 1. The summed E-state index contributed by atoms with van der Waals surface area (Å²) < 4.78 is 23.5. The summed E-state index contributed by atoms with van der Waals surface area (Å²) in [5.74, 6) is -0.286. The number of rotatable bonds is 4. The van der Waals surface area contributed by atoms with E-state index in [-0.39, 0.29) is 21.5 Å². The van der Waals surface area contributed by atoms with Crippen LogP contribution in [0.5, 0.6) is 0 Å².